The van der Waals surface area contributed by atoms with Gasteiger partial charge in [-0.15, -0.1) is 0 Å². The van der Waals surface area contributed by atoms with Crippen LogP contribution in [0.25, 0.3) is 0 Å². The van der Waals surface area contributed by atoms with E-state index in [-0.39, 0.29) is 5.56 Å². The largest absolute Gasteiger partial charge is 0.311 e. The minimum absolute atomic E-state index is 0.0731. The Morgan fingerprint density at radius 1 is 1.46 bits per heavy atom. The van der Waals surface area contributed by atoms with Gasteiger partial charge < -0.3 is 0 Å². The van der Waals surface area contributed by atoms with E-state index >= 15 is 0 Å². The van der Waals surface area contributed by atoms with Crippen molar-refractivity contribution >= 4 is 5.69 Å². The topological polar surface area (TPSA) is 43.1 Å². The van der Waals surface area contributed by atoms with Crippen molar-refractivity contribution in [1.82, 2.24) is 0 Å². The fraction of sp³-hybridized carbons (Fsp3) is 0.125. The molecule has 3 nitrogen and oxygen atoms in total. The Morgan fingerprint density at radius 2 is 2.08 bits per heavy atom. The van der Waals surface area contributed by atoms with Gasteiger partial charge in [-0.05, 0) is 18.6 Å². The third-order valence-electron chi connectivity index (χ3n) is 1.59. The SMILES string of the molecule is C[CH]c1ccc(F)c(F)c1[N+](=O)[O-]. The summed E-state index contributed by atoms with van der Waals surface area (Å²) in [4.78, 5) is 9.40. The van der Waals surface area contributed by atoms with E-state index in [4.69, 9.17) is 0 Å². The lowest BCUT2D eigenvalue weighted by Gasteiger charge is -2.00. The van der Waals surface area contributed by atoms with Crippen LogP contribution in [0.15, 0.2) is 12.1 Å². The molecule has 1 radical (unpaired) electrons. The van der Waals surface area contributed by atoms with Crippen molar-refractivity contribution < 1.29 is 13.7 Å². The van der Waals surface area contributed by atoms with Gasteiger partial charge in [-0.2, -0.15) is 4.39 Å². The summed E-state index contributed by atoms with van der Waals surface area (Å²) >= 11 is 0. The minimum atomic E-state index is -1.42. The predicted molar refractivity (Wildman–Crippen MR) is 42.1 cm³/mol. The van der Waals surface area contributed by atoms with Gasteiger partial charge in [0.25, 0.3) is 0 Å². The molecule has 5 heteroatoms. The van der Waals surface area contributed by atoms with Crippen molar-refractivity contribution in [1.29, 1.82) is 0 Å². The van der Waals surface area contributed by atoms with E-state index in [9.17, 15) is 18.9 Å². The standard InChI is InChI=1S/C8H6F2NO2/c1-2-5-3-4-6(9)7(10)8(5)11(12)13/h2-4H,1H3. The molecule has 1 aromatic carbocycles. The van der Waals surface area contributed by atoms with Crippen LogP contribution in [0, 0.1) is 28.2 Å². The van der Waals surface area contributed by atoms with Gasteiger partial charge in [0.2, 0.25) is 5.82 Å². The first-order valence-electron chi connectivity index (χ1n) is 3.49. The molecule has 0 saturated heterocycles. The number of nitro benzene ring substituents is 1. The second-order valence-corrected chi connectivity index (χ2v) is 2.34. The molecule has 1 rings (SSSR count). The summed E-state index contributed by atoms with van der Waals surface area (Å²) in [7, 11) is 0. The van der Waals surface area contributed by atoms with Gasteiger partial charge in [0.05, 0.1) is 4.92 Å². The predicted octanol–water partition coefficient (Wildman–Crippen LogP) is 2.45. The molecular formula is C8H6F2NO2. The lowest BCUT2D eigenvalue weighted by atomic mass is 10.1. The van der Waals surface area contributed by atoms with Crippen LogP contribution in [0.3, 0.4) is 0 Å². The van der Waals surface area contributed by atoms with E-state index < -0.39 is 22.2 Å². The quantitative estimate of drug-likeness (QED) is 0.525. The average molecular weight is 186 g/mol. The Labute approximate surface area is 73.1 Å². The van der Waals surface area contributed by atoms with Gasteiger partial charge in [-0.1, -0.05) is 6.92 Å². The summed E-state index contributed by atoms with van der Waals surface area (Å²) in [6.07, 6.45) is 1.35. The Hall–Kier alpha value is -1.52. The monoisotopic (exact) mass is 186 g/mol. The van der Waals surface area contributed by atoms with Crippen LogP contribution in [0.1, 0.15) is 12.5 Å². The summed E-state index contributed by atoms with van der Waals surface area (Å²) < 4.78 is 25.4. The zero-order chi connectivity index (χ0) is 10.0. The highest BCUT2D eigenvalue weighted by Gasteiger charge is 2.22. The molecule has 0 fully saturated rings. The number of halogens is 2. The Bertz CT molecular complexity index is 352. The van der Waals surface area contributed by atoms with E-state index in [1.165, 1.54) is 13.3 Å². The molecule has 0 aromatic heterocycles. The van der Waals surface area contributed by atoms with E-state index in [1.807, 2.05) is 0 Å². The zero-order valence-corrected chi connectivity index (χ0v) is 6.75. The van der Waals surface area contributed by atoms with Crippen molar-refractivity contribution in [3.63, 3.8) is 0 Å². The third kappa shape index (κ3) is 1.63. The number of nitro groups is 1. The second-order valence-electron chi connectivity index (χ2n) is 2.34. The van der Waals surface area contributed by atoms with Gasteiger partial charge in [0, 0.05) is 5.56 Å². The van der Waals surface area contributed by atoms with Crippen molar-refractivity contribution in [2.45, 2.75) is 6.92 Å². The van der Waals surface area contributed by atoms with Crippen LogP contribution in [0.5, 0.6) is 0 Å². The van der Waals surface area contributed by atoms with Crippen LogP contribution in [0.2, 0.25) is 0 Å². The molecule has 0 bridgehead atoms. The van der Waals surface area contributed by atoms with Gasteiger partial charge in [-0.25, -0.2) is 4.39 Å². The van der Waals surface area contributed by atoms with E-state index in [0.717, 1.165) is 12.1 Å². The van der Waals surface area contributed by atoms with Gasteiger partial charge in [-0.3, -0.25) is 10.1 Å². The van der Waals surface area contributed by atoms with E-state index in [0.29, 0.717) is 0 Å². The summed E-state index contributed by atoms with van der Waals surface area (Å²) in [5.41, 5.74) is -0.744. The fourth-order valence-corrected chi connectivity index (χ4v) is 0.973. The van der Waals surface area contributed by atoms with Crippen molar-refractivity contribution in [2.75, 3.05) is 0 Å². The smallest absolute Gasteiger partial charge is 0.258 e. The molecule has 69 valence electrons. The maximum absolute atomic E-state index is 12.9. The van der Waals surface area contributed by atoms with Crippen LogP contribution in [-0.4, -0.2) is 4.92 Å². The van der Waals surface area contributed by atoms with Crippen LogP contribution < -0.4 is 0 Å². The second kappa shape index (κ2) is 3.47. The highest BCUT2D eigenvalue weighted by atomic mass is 19.2. The third-order valence-corrected chi connectivity index (χ3v) is 1.59. The minimum Gasteiger partial charge on any atom is -0.258 e. The van der Waals surface area contributed by atoms with Crippen molar-refractivity contribution in [3.05, 3.63) is 45.9 Å². The lowest BCUT2D eigenvalue weighted by Crippen LogP contribution is -1.99. The Morgan fingerprint density at radius 3 is 2.54 bits per heavy atom. The number of rotatable bonds is 2. The Kier molecular flexibility index (Phi) is 2.55. The number of nitrogens with zero attached hydrogens (tertiary/aromatic N) is 1. The number of hydrogen-bond acceptors (Lipinski definition) is 2. The maximum Gasteiger partial charge on any atom is 0.311 e. The molecule has 0 aliphatic carbocycles. The number of benzene rings is 1. The molecule has 0 spiro atoms. The molecule has 0 atom stereocenters. The summed E-state index contributed by atoms with van der Waals surface area (Å²) in [6.45, 7) is 1.51. The molecular weight excluding hydrogens is 180 g/mol. The van der Waals surface area contributed by atoms with Crippen LogP contribution >= 0.6 is 0 Å². The molecule has 0 aliphatic rings. The molecule has 0 unspecified atom stereocenters. The molecule has 0 N–H and O–H groups in total. The zero-order valence-electron chi connectivity index (χ0n) is 6.75. The molecule has 1 aromatic rings. The normalized spacial score (nSPS) is 10.1. The van der Waals surface area contributed by atoms with Crippen molar-refractivity contribution in [3.8, 4) is 0 Å². The fourth-order valence-electron chi connectivity index (χ4n) is 0.973. The average Bonchev–Trinajstić information content (AvgIpc) is 2.08. The Balaban J connectivity index is 3.41. The van der Waals surface area contributed by atoms with Gasteiger partial charge >= 0.3 is 5.69 Å². The summed E-state index contributed by atoms with van der Waals surface area (Å²) in [5, 5.41) is 10.3. The molecule has 0 amide bonds. The highest BCUT2D eigenvalue weighted by Crippen LogP contribution is 2.25. The van der Waals surface area contributed by atoms with Gasteiger partial charge in [0.15, 0.2) is 5.82 Å². The van der Waals surface area contributed by atoms with Crippen LogP contribution in [-0.2, 0) is 0 Å². The summed E-state index contributed by atoms with van der Waals surface area (Å²) in [6, 6.07) is 2.02. The van der Waals surface area contributed by atoms with E-state index in [1.54, 1.807) is 0 Å². The van der Waals surface area contributed by atoms with Gasteiger partial charge in [0.1, 0.15) is 0 Å². The molecule has 0 aliphatic heterocycles. The molecule has 0 saturated carbocycles. The first-order valence-corrected chi connectivity index (χ1v) is 3.49. The van der Waals surface area contributed by atoms with E-state index in [2.05, 4.69) is 0 Å². The van der Waals surface area contributed by atoms with Crippen molar-refractivity contribution in [2.24, 2.45) is 0 Å². The maximum atomic E-state index is 12.9. The van der Waals surface area contributed by atoms with Crippen LogP contribution in [0.4, 0.5) is 14.5 Å². The lowest BCUT2D eigenvalue weighted by molar-refractivity contribution is -0.388. The summed E-state index contributed by atoms with van der Waals surface area (Å²) in [5.74, 6) is -2.63. The first-order chi connectivity index (χ1) is 6.07. The molecule has 0 heterocycles. The first kappa shape index (κ1) is 9.57. The molecule has 13 heavy (non-hydrogen) atoms. The highest BCUT2D eigenvalue weighted by molar-refractivity contribution is 5.45. The number of hydrogen-bond donors (Lipinski definition) is 0.